The molecule has 0 aliphatic heterocycles. The largest absolute Gasteiger partial charge is 0.0616 e. The monoisotopic (exact) mass is 234 g/mol. The second-order valence-corrected chi connectivity index (χ2v) is 5.34. The third kappa shape index (κ3) is 1.60. The zero-order chi connectivity index (χ0) is 12.7. The maximum Gasteiger partial charge on any atom is -0.00732 e. The van der Waals surface area contributed by atoms with Crippen LogP contribution in [0.1, 0.15) is 30.9 Å². The molecule has 0 amide bonds. The number of fused-ring (bicyclic) bond motifs is 3. The van der Waals surface area contributed by atoms with Crippen LogP contribution in [0.5, 0.6) is 0 Å². The molecule has 0 fully saturated rings. The highest BCUT2D eigenvalue weighted by Gasteiger charge is 2.10. The molecule has 0 aliphatic carbocycles. The van der Waals surface area contributed by atoms with Gasteiger partial charge < -0.3 is 0 Å². The first-order chi connectivity index (χ1) is 8.68. The van der Waals surface area contributed by atoms with Crippen molar-refractivity contribution >= 4 is 21.5 Å². The lowest BCUT2D eigenvalue weighted by Gasteiger charge is -2.14. The summed E-state index contributed by atoms with van der Waals surface area (Å²) in [6.07, 6.45) is 0. The van der Waals surface area contributed by atoms with E-state index in [-0.39, 0.29) is 0 Å². The van der Waals surface area contributed by atoms with Gasteiger partial charge in [0.2, 0.25) is 0 Å². The third-order valence-electron chi connectivity index (χ3n) is 3.75. The first-order valence-electron chi connectivity index (χ1n) is 6.59. The minimum absolute atomic E-state index is 0.555. The zero-order valence-electron chi connectivity index (χ0n) is 11.2. The number of hydrogen-bond donors (Lipinski definition) is 0. The molecule has 0 atom stereocenters. The van der Waals surface area contributed by atoms with Gasteiger partial charge in [0.15, 0.2) is 0 Å². The molecule has 0 radical (unpaired) electrons. The summed E-state index contributed by atoms with van der Waals surface area (Å²) in [5, 5.41) is 5.54. The van der Waals surface area contributed by atoms with Crippen LogP contribution in [0.3, 0.4) is 0 Å². The molecule has 0 bridgehead atoms. The van der Waals surface area contributed by atoms with Crippen LogP contribution in [0.2, 0.25) is 0 Å². The van der Waals surface area contributed by atoms with Crippen molar-refractivity contribution in [2.24, 2.45) is 0 Å². The van der Waals surface area contributed by atoms with Crippen molar-refractivity contribution in [3.05, 3.63) is 59.7 Å². The molecular formula is C18H18. The van der Waals surface area contributed by atoms with Crippen LogP contribution < -0.4 is 0 Å². The van der Waals surface area contributed by atoms with Gasteiger partial charge in [-0.05, 0) is 45.5 Å². The van der Waals surface area contributed by atoms with Gasteiger partial charge in [0.1, 0.15) is 0 Å². The predicted octanol–water partition coefficient (Wildman–Crippen LogP) is 5.42. The molecule has 3 aromatic carbocycles. The lowest BCUT2D eigenvalue weighted by Crippen LogP contribution is -1.92. The van der Waals surface area contributed by atoms with E-state index in [0.29, 0.717) is 5.92 Å². The maximum absolute atomic E-state index is 2.35. The van der Waals surface area contributed by atoms with Gasteiger partial charge in [-0.15, -0.1) is 0 Å². The Bertz CT molecular complexity index is 721. The average Bonchev–Trinajstić information content (AvgIpc) is 2.37. The first-order valence-corrected chi connectivity index (χ1v) is 6.59. The molecule has 0 nitrogen and oxygen atoms in total. The van der Waals surface area contributed by atoms with Crippen LogP contribution in [-0.2, 0) is 0 Å². The lowest BCUT2D eigenvalue weighted by molar-refractivity contribution is 0.878. The fraction of sp³-hybridized carbons (Fsp3) is 0.222. The van der Waals surface area contributed by atoms with E-state index in [0.717, 1.165) is 0 Å². The minimum atomic E-state index is 0.555. The molecule has 0 aliphatic rings. The Morgan fingerprint density at radius 2 is 1.56 bits per heavy atom. The highest BCUT2D eigenvalue weighted by molar-refractivity contribution is 6.10. The normalized spacial score (nSPS) is 11.6. The number of aryl methyl sites for hydroxylation is 1. The molecule has 0 unspecified atom stereocenters. The lowest BCUT2D eigenvalue weighted by atomic mass is 9.90. The van der Waals surface area contributed by atoms with E-state index in [1.54, 1.807) is 0 Å². The molecule has 0 heteroatoms. The molecule has 0 saturated carbocycles. The van der Waals surface area contributed by atoms with E-state index in [1.807, 2.05) is 0 Å². The maximum atomic E-state index is 2.35. The molecule has 3 rings (SSSR count). The quantitative estimate of drug-likeness (QED) is 0.493. The topological polar surface area (TPSA) is 0 Å². The Labute approximate surface area is 108 Å². The summed E-state index contributed by atoms with van der Waals surface area (Å²) >= 11 is 0. The summed E-state index contributed by atoms with van der Waals surface area (Å²) in [5.74, 6) is 0.555. The fourth-order valence-corrected chi connectivity index (χ4v) is 2.84. The standard InChI is InChI=1S/C18H18/c1-12(2)17-11-14-8-4-5-9-15(14)18-13(3)7-6-10-16(17)18/h4-12H,1-3H3. The third-order valence-corrected chi connectivity index (χ3v) is 3.75. The van der Waals surface area contributed by atoms with Gasteiger partial charge in [0.25, 0.3) is 0 Å². The average molecular weight is 234 g/mol. The van der Waals surface area contributed by atoms with Gasteiger partial charge in [0, 0.05) is 0 Å². The van der Waals surface area contributed by atoms with Crippen LogP contribution in [-0.4, -0.2) is 0 Å². The van der Waals surface area contributed by atoms with Crippen molar-refractivity contribution in [1.29, 1.82) is 0 Å². The Morgan fingerprint density at radius 3 is 2.33 bits per heavy atom. The molecular weight excluding hydrogens is 216 g/mol. The van der Waals surface area contributed by atoms with Crippen molar-refractivity contribution in [3.63, 3.8) is 0 Å². The van der Waals surface area contributed by atoms with Gasteiger partial charge in [-0.1, -0.05) is 62.4 Å². The smallest absolute Gasteiger partial charge is 0.00732 e. The Kier molecular flexibility index (Phi) is 2.59. The number of hydrogen-bond acceptors (Lipinski definition) is 0. The van der Waals surface area contributed by atoms with Crippen LogP contribution in [0.4, 0.5) is 0 Å². The van der Waals surface area contributed by atoms with Gasteiger partial charge >= 0.3 is 0 Å². The SMILES string of the molecule is Cc1cccc2c(C(C)C)cc3ccccc3c12. The van der Waals surface area contributed by atoms with Gasteiger partial charge in [-0.3, -0.25) is 0 Å². The molecule has 90 valence electrons. The summed E-state index contributed by atoms with van der Waals surface area (Å²) in [6.45, 7) is 6.75. The molecule has 3 aromatic rings. The Hall–Kier alpha value is -1.82. The Balaban J connectivity index is 2.59. The van der Waals surface area contributed by atoms with Crippen molar-refractivity contribution in [2.75, 3.05) is 0 Å². The van der Waals surface area contributed by atoms with Crippen molar-refractivity contribution in [3.8, 4) is 0 Å². The Morgan fingerprint density at radius 1 is 0.833 bits per heavy atom. The molecule has 0 aromatic heterocycles. The van der Waals surface area contributed by atoms with Gasteiger partial charge in [0.05, 0.1) is 0 Å². The van der Waals surface area contributed by atoms with Crippen LogP contribution in [0.25, 0.3) is 21.5 Å². The molecule has 0 saturated heterocycles. The first kappa shape index (κ1) is 11.3. The molecule has 0 heterocycles. The number of benzene rings is 3. The second kappa shape index (κ2) is 4.13. The van der Waals surface area contributed by atoms with Crippen molar-refractivity contribution < 1.29 is 0 Å². The van der Waals surface area contributed by atoms with Crippen LogP contribution in [0, 0.1) is 6.92 Å². The summed E-state index contributed by atoms with van der Waals surface area (Å²) in [4.78, 5) is 0. The predicted molar refractivity (Wildman–Crippen MR) is 80.3 cm³/mol. The van der Waals surface area contributed by atoms with E-state index in [1.165, 1.54) is 32.7 Å². The molecule has 0 spiro atoms. The van der Waals surface area contributed by atoms with Crippen LogP contribution in [0.15, 0.2) is 48.5 Å². The van der Waals surface area contributed by atoms with E-state index in [4.69, 9.17) is 0 Å². The van der Waals surface area contributed by atoms with E-state index < -0.39 is 0 Å². The summed E-state index contributed by atoms with van der Waals surface area (Å²) in [5.41, 5.74) is 2.82. The zero-order valence-corrected chi connectivity index (χ0v) is 11.2. The molecule has 0 N–H and O–H groups in total. The fourth-order valence-electron chi connectivity index (χ4n) is 2.84. The van der Waals surface area contributed by atoms with Crippen LogP contribution >= 0.6 is 0 Å². The number of rotatable bonds is 1. The van der Waals surface area contributed by atoms with E-state index >= 15 is 0 Å². The summed E-state index contributed by atoms with van der Waals surface area (Å²) in [6, 6.07) is 17.7. The van der Waals surface area contributed by atoms with E-state index in [2.05, 4.69) is 69.3 Å². The summed E-state index contributed by atoms with van der Waals surface area (Å²) in [7, 11) is 0. The highest BCUT2D eigenvalue weighted by Crippen LogP contribution is 2.34. The molecule has 18 heavy (non-hydrogen) atoms. The van der Waals surface area contributed by atoms with Gasteiger partial charge in [-0.2, -0.15) is 0 Å². The minimum Gasteiger partial charge on any atom is -0.0616 e. The van der Waals surface area contributed by atoms with Gasteiger partial charge in [-0.25, -0.2) is 0 Å². The van der Waals surface area contributed by atoms with E-state index in [9.17, 15) is 0 Å². The summed E-state index contributed by atoms with van der Waals surface area (Å²) < 4.78 is 0. The van der Waals surface area contributed by atoms with Crippen molar-refractivity contribution in [2.45, 2.75) is 26.7 Å². The van der Waals surface area contributed by atoms with Crippen molar-refractivity contribution in [1.82, 2.24) is 0 Å². The second-order valence-electron chi connectivity index (χ2n) is 5.34. The highest BCUT2D eigenvalue weighted by atomic mass is 14.1.